The number of amides is 1. The SMILES string of the molecule is CCc1cc(N2CCN(C)CC2)ccc1Nc1ncc(C(F)(F)F)c(NCC(C)(C)CN2CCOCCC2=O)n1. The van der Waals surface area contributed by atoms with Gasteiger partial charge in [-0.3, -0.25) is 4.79 Å². The maximum absolute atomic E-state index is 13.8. The zero-order chi connectivity index (χ0) is 28.9. The van der Waals surface area contributed by atoms with Gasteiger partial charge in [-0.05, 0) is 42.6 Å². The Morgan fingerprint density at radius 3 is 2.52 bits per heavy atom. The van der Waals surface area contributed by atoms with Crippen molar-refractivity contribution in [3.05, 3.63) is 35.5 Å². The molecule has 2 aliphatic heterocycles. The predicted molar refractivity (Wildman–Crippen MR) is 150 cm³/mol. The molecule has 1 aromatic heterocycles. The molecular weight excluding hydrogens is 523 g/mol. The Kier molecular flexibility index (Phi) is 9.40. The lowest BCUT2D eigenvalue weighted by Gasteiger charge is -2.34. The second-order valence-corrected chi connectivity index (χ2v) is 11.3. The number of aryl methyl sites for hydroxylation is 1. The van der Waals surface area contributed by atoms with E-state index in [9.17, 15) is 18.0 Å². The third-order valence-corrected chi connectivity index (χ3v) is 7.35. The Bertz CT molecular complexity index is 1170. The summed E-state index contributed by atoms with van der Waals surface area (Å²) in [5.74, 6) is -0.230. The van der Waals surface area contributed by atoms with Crippen molar-refractivity contribution in [1.82, 2.24) is 19.8 Å². The van der Waals surface area contributed by atoms with Crippen LogP contribution in [0.25, 0.3) is 0 Å². The molecule has 0 radical (unpaired) electrons. The lowest BCUT2D eigenvalue weighted by Crippen LogP contribution is -2.44. The van der Waals surface area contributed by atoms with Gasteiger partial charge in [0.1, 0.15) is 11.4 Å². The molecule has 1 amide bonds. The number of alkyl halides is 3. The molecule has 0 atom stereocenters. The molecule has 0 unspecified atom stereocenters. The summed E-state index contributed by atoms with van der Waals surface area (Å²) in [6.07, 6.45) is -2.77. The van der Waals surface area contributed by atoms with Crippen molar-refractivity contribution in [2.45, 2.75) is 39.8 Å². The number of aromatic nitrogens is 2. The van der Waals surface area contributed by atoms with Crippen molar-refractivity contribution < 1.29 is 22.7 Å². The molecule has 2 saturated heterocycles. The molecule has 0 saturated carbocycles. The Balaban J connectivity index is 1.50. The summed E-state index contributed by atoms with van der Waals surface area (Å²) in [7, 11) is 2.11. The number of nitrogens with one attached hydrogen (secondary N) is 2. The smallest absolute Gasteiger partial charge is 0.379 e. The number of anilines is 4. The predicted octanol–water partition coefficient (Wildman–Crippen LogP) is 4.24. The van der Waals surface area contributed by atoms with Gasteiger partial charge < -0.3 is 30.1 Å². The van der Waals surface area contributed by atoms with E-state index in [-0.39, 0.29) is 24.2 Å². The van der Waals surface area contributed by atoms with E-state index in [4.69, 9.17) is 4.74 Å². The lowest BCUT2D eigenvalue weighted by molar-refractivity contribution is -0.137. The van der Waals surface area contributed by atoms with Gasteiger partial charge in [0, 0.05) is 63.4 Å². The van der Waals surface area contributed by atoms with Gasteiger partial charge in [-0.15, -0.1) is 0 Å². The van der Waals surface area contributed by atoms with Gasteiger partial charge in [-0.2, -0.15) is 18.2 Å². The van der Waals surface area contributed by atoms with Gasteiger partial charge in [-0.25, -0.2) is 4.98 Å². The number of rotatable bonds is 9. The van der Waals surface area contributed by atoms with E-state index in [1.54, 1.807) is 4.90 Å². The summed E-state index contributed by atoms with van der Waals surface area (Å²) in [4.78, 5) is 27.0. The van der Waals surface area contributed by atoms with Crippen molar-refractivity contribution in [3.8, 4) is 0 Å². The Labute approximate surface area is 234 Å². The summed E-state index contributed by atoms with van der Waals surface area (Å²) in [5, 5.41) is 6.03. The van der Waals surface area contributed by atoms with E-state index in [1.807, 2.05) is 32.9 Å². The fraction of sp³-hybridized carbons (Fsp3) is 0.607. The molecule has 40 heavy (non-hydrogen) atoms. The summed E-state index contributed by atoms with van der Waals surface area (Å²) in [6.45, 7) is 11.6. The third-order valence-electron chi connectivity index (χ3n) is 7.35. The molecule has 0 bridgehead atoms. The first-order valence-electron chi connectivity index (χ1n) is 13.8. The van der Waals surface area contributed by atoms with Crippen LogP contribution in [0.2, 0.25) is 0 Å². The first-order valence-corrected chi connectivity index (χ1v) is 13.8. The molecule has 2 N–H and O–H groups in total. The van der Waals surface area contributed by atoms with Crippen molar-refractivity contribution in [2.24, 2.45) is 5.41 Å². The molecule has 2 aromatic rings. The molecule has 12 heteroatoms. The van der Waals surface area contributed by atoms with E-state index in [2.05, 4.69) is 43.5 Å². The second-order valence-electron chi connectivity index (χ2n) is 11.3. The van der Waals surface area contributed by atoms with Crippen LogP contribution in [0, 0.1) is 5.41 Å². The number of carbonyl (C=O) groups is 1. The lowest BCUT2D eigenvalue weighted by atomic mass is 9.92. The number of carbonyl (C=O) groups excluding carboxylic acids is 1. The minimum Gasteiger partial charge on any atom is -0.379 e. The van der Waals surface area contributed by atoms with Gasteiger partial charge in [-0.1, -0.05) is 20.8 Å². The van der Waals surface area contributed by atoms with E-state index in [0.29, 0.717) is 32.7 Å². The van der Waals surface area contributed by atoms with Crippen LogP contribution in [0.4, 0.5) is 36.3 Å². The van der Waals surface area contributed by atoms with Crippen molar-refractivity contribution >= 4 is 29.0 Å². The Hall–Kier alpha value is -3.12. The van der Waals surface area contributed by atoms with Gasteiger partial charge in [0.2, 0.25) is 11.9 Å². The molecule has 220 valence electrons. The van der Waals surface area contributed by atoms with Crippen molar-refractivity contribution in [3.63, 3.8) is 0 Å². The number of nitrogens with zero attached hydrogens (tertiary/aromatic N) is 5. The van der Waals surface area contributed by atoms with Crippen LogP contribution in [0.15, 0.2) is 24.4 Å². The number of benzene rings is 1. The van der Waals surface area contributed by atoms with E-state index < -0.39 is 17.2 Å². The van der Waals surface area contributed by atoms with Gasteiger partial charge in [0.15, 0.2) is 0 Å². The normalized spacial score (nSPS) is 17.6. The number of hydrogen-bond acceptors (Lipinski definition) is 8. The zero-order valence-corrected chi connectivity index (χ0v) is 23.8. The van der Waals surface area contributed by atoms with Gasteiger partial charge >= 0.3 is 6.18 Å². The topological polar surface area (TPSA) is 85.9 Å². The molecule has 0 spiro atoms. The maximum atomic E-state index is 13.8. The largest absolute Gasteiger partial charge is 0.421 e. The van der Waals surface area contributed by atoms with Crippen LogP contribution in [0.1, 0.15) is 38.3 Å². The van der Waals surface area contributed by atoms with Crippen LogP contribution in [0.3, 0.4) is 0 Å². The third kappa shape index (κ3) is 7.75. The van der Waals surface area contributed by atoms with Crippen LogP contribution >= 0.6 is 0 Å². The second kappa shape index (κ2) is 12.6. The monoisotopic (exact) mass is 563 g/mol. The number of likely N-dealkylation sites (N-methyl/N-ethyl adjacent to an activating group) is 1. The fourth-order valence-corrected chi connectivity index (χ4v) is 4.94. The molecule has 1 aromatic carbocycles. The van der Waals surface area contributed by atoms with Gasteiger partial charge in [0.25, 0.3) is 0 Å². The van der Waals surface area contributed by atoms with Gasteiger partial charge in [0.05, 0.1) is 19.6 Å². The number of piperazine rings is 1. The summed E-state index contributed by atoms with van der Waals surface area (Å²) < 4.78 is 46.9. The van der Waals surface area contributed by atoms with E-state index in [0.717, 1.165) is 55.7 Å². The minimum atomic E-state index is -4.62. The average Bonchev–Trinajstić information content (AvgIpc) is 3.11. The molecule has 2 fully saturated rings. The first-order chi connectivity index (χ1) is 18.9. The van der Waals surface area contributed by atoms with E-state index in [1.165, 1.54) is 0 Å². The molecule has 0 aliphatic carbocycles. The van der Waals surface area contributed by atoms with Crippen molar-refractivity contribution in [2.75, 3.05) is 81.6 Å². The van der Waals surface area contributed by atoms with Crippen LogP contribution in [-0.2, 0) is 22.1 Å². The molecule has 3 heterocycles. The summed E-state index contributed by atoms with van der Waals surface area (Å²) >= 11 is 0. The highest BCUT2D eigenvalue weighted by Gasteiger charge is 2.36. The highest BCUT2D eigenvalue weighted by molar-refractivity contribution is 5.76. The highest BCUT2D eigenvalue weighted by Crippen LogP contribution is 2.35. The minimum absolute atomic E-state index is 0.0135. The molecule has 4 rings (SSSR count). The maximum Gasteiger partial charge on any atom is 0.421 e. The average molecular weight is 564 g/mol. The van der Waals surface area contributed by atoms with Crippen LogP contribution in [0.5, 0.6) is 0 Å². The molecule has 2 aliphatic rings. The van der Waals surface area contributed by atoms with Crippen molar-refractivity contribution in [1.29, 1.82) is 0 Å². The van der Waals surface area contributed by atoms with E-state index >= 15 is 0 Å². The summed E-state index contributed by atoms with van der Waals surface area (Å²) in [6, 6.07) is 6.08. The number of halogens is 3. The highest BCUT2D eigenvalue weighted by atomic mass is 19.4. The van der Waals surface area contributed by atoms with Crippen LogP contribution in [-0.4, -0.2) is 91.7 Å². The van der Waals surface area contributed by atoms with Crippen LogP contribution < -0.4 is 15.5 Å². The number of hydrogen-bond donors (Lipinski definition) is 2. The Morgan fingerprint density at radius 1 is 1.07 bits per heavy atom. The zero-order valence-electron chi connectivity index (χ0n) is 23.8. The summed E-state index contributed by atoms with van der Waals surface area (Å²) in [5.41, 5.74) is 1.46. The molecular formula is C28H40F3N7O2. The quantitative estimate of drug-likeness (QED) is 0.469. The first kappa shape index (κ1) is 29.9. The number of ether oxygens (including phenoxy) is 1. The fourth-order valence-electron chi connectivity index (χ4n) is 4.94. The Morgan fingerprint density at radius 2 is 1.82 bits per heavy atom. The standard InChI is InChI=1S/C28H40F3N7O2/c1-5-20-16-21(37-11-9-36(4)10-12-37)6-7-23(20)34-26-32-17-22(28(29,30)31)25(35-26)33-18-27(2,3)19-38-13-15-40-14-8-24(38)39/h6-7,16-17H,5,8-15,18-19H2,1-4H3,(H2,32,33,34,35). The molecule has 9 nitrogen and oxygen atoms in total.